The summed E-state index contributed by atoms with van der Waals surface area (Å²) in [5.74, 6) is 2.10. The molecule has 0 aromatic heterocycles. The van der Waals surface area contributed by atoms with Gasteiger partial charge in [0.1, 0.15) is 0 Å². The maximum Gasteiger partial charge on any atom is 0.230 e. The third-order valence-electron chi connectivity index (χ3n) is 4.65. The van der Waals surface area contributed by atoms with Crippen LogP contribution in [0.3, 0.4) is 0 Å². The van der Waals surface area contributed by atoms with Crippen LogP contribution in [0.5, 0.6) is 0 Å². The second-order valence-electron chi connectivity index (χ2n) is 6.22. The molecule has 0 radical (unpaired) electrons. The standard InChI is InChI=1S/C17H25NO/c1-12(2)15-11-10-13(3)16(15)17(19)18(4)14-8-6-5-7-9-14/h5-9,12-13,15-16H,10-11H2,1-4H3/t13-,15+,16+/m1/s1. The Morgan fingerprint density at radius 2 is 1.84 bits per heavy atom. The van der Waals surface area contributed by atoms with Crippen LogP contribution in [-0.2, 0) is 4.79 Å². The molecule has 0 spiro atoms. The van der Waals surface area contributed by atoms with Gasteiger partial charge in [0.15, 0.2) is 0 Å². The fourth-order valence-electron chi connectivity index (χ4n) is 3.41. The van der Waals surface area contributed by atoms with Gasteiger partial charge in [-0.15, -0.1) is 0 Å². The molecule has 1 fully saturated rings. The van der Waals surface area contributed by atoms with E-state index in [9.17, 15) is 4.79 Å². The first-order valence-corrected chi connectivity index (χ1v) is 7.35. The van der Waals surface area contributed by atoms with Gasteiger partial charge in [-0.2, -0.15) is 0 Å². The first kappa shape index (κ1) is 14.1. The number of para-hydroxylation sites is 1. The second kappa shape index (κ2) is 5.77. The Bertz CT molecular complexity index is 426. The Balaban J connectivity index is 2.18. The van der Waals surface area contributed by atoms with Crippen LogP contribution < -0.4 is 4.90 Å². The second-order valence-corrected chi connectivity index (χ2v) is 6.22. The molecule has 0 heterocycles. The first-order valence-electron chi connectivity index (χ1n) is 7.35. The van der Waals surface area contributed by atoms with Crippen LogP contribution in [-0.4, -0.2) is 13.0 Å². The number of nitrogens with zero attached hydrogens (tertiary/aromatic N) is 1. The van der Waals surface area contributed by atoms with Gasteiger partial charge >= 0.3 is 0 Å². The summed E-state index contributed by atoms with van der Waals surface area (Å²) < 4.78 is 0. The van der Waals surface area contributed by atoms with Gasteiger partial charge in [-0.25, -0.2) is 0 Å². The molecule has 0 saturated heterocycles. The van der Waals surface area contributed by atoms with Crippen LogP contribution >= 0.6 is 0 Å². The predicted octanol–water partition coefficient (Wildman–Crippen LogP) is 3.97. The van der Waals surface area contributed by atoms with Crippen molar-refractivity contribution in [2.75, 3.05) is 11.9 Å². The zero-order valence-electron chi connectivity index (χ0n) is 12.5. The molecule has 1 aliphatic carbocycles. The number of anilines is 1. The van der Waals surface area contributed by atoms with Crippen LogP contribution in [0.25, 0.3) is 0 Å². The lowest BCUT2D eigenvalue weighted by atomic mass is 9.82. The van der Waals surface area contributed by atoms with E-state index in [1.165, 1.54) is 12.8 Å². The van der Waals surface area contributed by atoms with Crippen molar-refractivity contribution in [1.82, 2.24) is 0 Å². The van der Waals surface area contributed by atoms with Crippen molar-refractivity contribution in [3.05, 3.63) is 30.3 Å². The van der Waals surface area contributed by atoms with Crippen LogP contribution in [0, 0.1) is 23.7 Å². The number of rotatable bonds is 3. The van der Waals surface area contributed by atoms with Crippen molar-refractivity contribution in [2.24, 2.45) is 23.7 Å². The number of hydrogen-bond donors (Lipinski definition) is 0. The van der Waals surface area contributed by atoms with Crippen molar-refractivity contribution >= 4 is 11.6 Å². The van der Waals surface area contributed by atoms with Gasteiger partial charge in [-0.05, 0) is 42.7 Å². The molecule has 2 rings (SSSR count). The van der Waals surface area contributed by atoms with E-state index in [0.717, 1.165) is 5.69 Å². The Hall–Kier alpha value is -1.31. The Kier molecular flexibility index (Phi) is 4.28. The minimum Gasteiger partial charge on any atom is -0.315 e. The van der Waals surface area contributed by atoms with E-state index >= 15 is 0 Å². The molecule has 1 saturated carbocycles. The van der Waals surface area contributed by atoms with Crippen LogP contribution in [0.2, 0.25) is 0 Å². The minimum absolute atomic E-state index is 0.185. The average molecular weight is 259 g/mol. The SMILES string of the molecule is CC(C)[C@@H]1CC[C@@H](C)[C@@H]1C(=O)N(C)c1ccccc1. The highest BCUT2D eigenvalue weighted by Gasteiger charge is 2.41. The van der Waals surface area contributed by atoms with E-state index in [1.54, 1.807) is 0 Å². The van der Waals surface area contributed by atoms with Crippen molar-refractivity contribution in [3.8, 4) is 0 Å². The molecule has 104 valence electrons. The topological polar surface area (TPSA) is 20.3 Å². The summed E-state index contributed by atoms with van der Waals surface area (Å²) in [6, 6.07) is 9.95. The predicted molar refractivity (Wildman–Crippen MR) is 80.1 cm³/mol. The van der Waals surface area contributed by atoms with E-state index in [1.807, 2.05) is 42.3 Å². The summed E-state index contributed by atoms with van der Waals surface area (Å²) in [5, 5.41) is 0. The molecule has 1 amide bonds. The highest BCUT2D eigenvalue weighted by atomic mass is 16.2. The van der Waals surface area contributed by atoms with E-state index < -0.39 is 0 Å². The zero-order valence-corrected chi connectivity index (χ0v) is 12.5. The van der Waals surface area contributed by atoms with Gasteiger partial charge in [0.2, 0.25) is 5.91 Å². The normalized spacial score (nSPS) is 26.7. The van der Waals surface area contributed by atoms with Crippen LogP contribution in [0.1, 0.15) is 33.6 Å². The number of hydrogen-bond acceptors (Lipinski definition) is 1. The molecule has 0 N–H and O–H groups in total. The van der Waals surface area contributed by atoms with Crippen molar-refractivity contribution in [1.29, 1.82) is 0 Å². The van der Waals surface area contributed by atoms with Gasteiger partial charge < -0.3 is 4.90 Å². The zero-order chi connectivity index (χ0) is 14.0. The van der Waals surface area contributed by atoms with Crippen LogP contribution in [0.4, 0.5) is 5.69 Å². The van der Waals surface area contributed by atoms with Gasteiger partial charge in [0.25, 0.3) is 0 Å². The largest absolute Gasteiger partial charge is 0.315 e. The molecular formula is C17H25NO. The summed E-state index contributed by atoms with van der Waals surface area (Å²) in [4.78, 5) is 14.6. The van der Waals surface area contributed by atoms with E-state index in [0.29, 0.717) is 17.8 Å². The van der Waals surface area contributed by atoms with Crippen molar-refractivity contribution < 1.29 is 4.79 Å². The van der Waals surface area contributed by atoms with Crippen LogP contribution in [0.15, 0.2) is 30.3 Å². The molecule has 2 heteroatoms. The number of amides is 1. The molecule has 0 unspecified atom stereocenters. The summed E-state index contributed by atoms with van der Waals surface area (Å²) in [7, 11) is 1.90. The molecule has 0 bridgehead atoms. The minimum atomic E-state index is 0.185. The molecule has 1 aromatic rings. The Morgan fingerprint density at radius 1 is 1.21 bits per heavy atom. The summed E-state index contributed by atoms with van der Waals surface area (Å²) >= 11 is 0. The third kappa shape index (κ3) is 2.83. The lowest BCUT2D eigenvalue weighted by molar-refractivity contribution is -0.124. The molecule has 1 aromatic carbocycles. The molecule has 19 heavy (non-hydrogen) atoms. The fraction of sp³-hybridized carbons (Fsp3) is 0.588. The molecule has 1 aliphatic rings. The smallest absolute Gasteiger partial charge is 0.230 e. The average Bonchev–Trinajstić information content (AvgIpc) is 2.80. The van der Waals surface area contributed by atoms with Gasteiger partial charge in [0.05, 0.1) is 0 Å². The number of carbonyl (C=O) groups excluding carboxylic acids is 1. The van der Waals surface area contributed by atoms with E-state index in [2.05, 4.69) is 20.8 Å². The fourth-order valence-corrected chi connectivity index (χ4v) is 3.41. The first-order chi connectivity index (χ1) is 9.02. The monoisotopic (exact) mass is 259 g/mol. The molecule has 2 nitrogen and oxygen atoms in total. The van der Waals surface area contributed by atoms with Crippen molar-refractivity contribution in [3.63, 3.8) is 0 Å². The highest BCUT2D eigenvalue weighted by Crippen LogP contribution is 2.42. The summed E-state index contributed by atoms with van der Waals surface area (Å²) in [5.41, 5.74) is 0.995. The van der Waals surface area contributed by atoms with Gasteiger partial charge in [-0.1, -0.05) is 39.0 Å². The molecular weight excluding hydrogens is 234 g/mol. The number of carbonyl (C=O) groups is 1. The molecule has 0 aliphatic heterocycles. The van der Waals surface area contributed by atoms with E-state index in [-0.39, 0.29) is 11.8 Å². The summed E-state index contributed by atoms with van der Waals surface area (Å²) in [6.07, 6.45) is 2.37. The Labute approximate surface area is 116 Å². The van der Waals surface area contributed by atoms with Crippen molar-refractivity contribution in [2.45, 2.75) is 33.6 Å². The van der Waals surface area contributed by atoms with Gasteiger partial charge in [0, 0.05) is 18.7 Å². The maximum atomic E-state index is 12.8. The number of benzene rings is 1. The third-order valence-corrected chi connectivity index (χ3v) is 4.65. The maximum absolute atomic E-state index is 12.8. The molecule has 3 atom stereocenters. The van der Waals surface area contributed by atoms with Gasteiger partial charge in [-0.3, -0.25) is 4.79 Å². The lowest BCUT2D eigenvalue weighted by Gasteiger charge is -2.29. The quantitative estimate of drug-likeness (QED) is 0.804. The highest BCUT2D eigenvalue weighted by molar-refractivity contribution is 5.95. The van der Waals surface area contributed by atoms with E-state index in [4.69, 9.17) is 0 Å². The lowest BCUT2D eigenvalue weighted by Crippen LogP contribution is -2.38. The Morgan fingerprint density at radius 3 is 2.42 bits per heavy atom. The summed E-state index contributed by atoms with van der Waals surface area (Å²) in [6.45, 7) is 6.71.